The second kappa shape index (κ2) is 11.3. The topological polar surface area (TPSA) is 0 Å². The van der Waals surface area contributed by atoms with Crippen molar-refractivity contribution in [2.45, 2.75) is 13.8 Å². The van der Waals surface area contributed by atoms with Crippen LogP contribution in [0.1, 0.15) is 13.8 Å². The highest BCUT2D eigenvalue weighted by atomic mass is 14.0. The maximum absolute atomic E-state index is 3.63. The van der Waals surface area contributed by atoms with Gasteiger partial charge in [-0.25, -0.2) is 0 Å². The Morgan fingerprint density at radius 1 is 1.00 bits per heavy atom. The first-order chi connectivity index (χ1) is 7.85. The quantitative estimate of drug-likeness (QED) is 0.471. The van der Waals surface area contributed by atoms with E-state index in [1.165, 1.54) is 0 Å². The summed E-state index contributed by atoms with van der Waals surface area (Å²) in [5.74, 6) is 6.02. The van der Waals surface area contributed by atoms with Gasteiger partial charge in [0.05, 0.1) is 0 Å². The second-order valence-electron chi connectivity index (χ2n) is 3.05. The van der Waals surface area contributed by atoms with Gasteiger partial charge in [-0.3, -0.25) is 0 Å². The Hall–Kier alpha value is -1.74. The average Bonchev–Trinajstić information content (AvgIpc) is 2.29. The maximum atomic E-state index is 3.63. The van der Waals surface area contributed by atoms with Gasteiger partial charge in [-0.2, -0.15) is 0 Å². The smallest absolute Gasteiger partial charge is 0.0142 e. The van der Waals surface area contributed by atoms with E-state index in [-0.39, 0.29) is 5.92 Å². The fraction of sp³-hybridized carbons (Fsp3) is 0.188. The van der Waals surface area contributed by atoms with Crippen molar-refractivity contribution in [3.63, 3.8) is 0 Å². The molecule has 0 aliphatic heterocycles. The molecule has 0 nitrogen and oxygen atoms in total. The third-order valence-corrected chi connectivity index (χ3v) is 1.76. The Labute approximate surface area is 99.8 Å². The molecule has 0 rings (SSSR count). The van der Waals surface area contributed by atoms with Crippen LogP contribution in [-0.2, 0) is 0 Å². The van der Waals surface area contributed by atoms with Gasteiger partial charge in [-0.05, 0) is 26.8 Å². The molecule has 0 aromatic heterocycles. The minimum atomic E-state index is 0.272. The van der Waals surface area contributed by atoms with Gasteiger partial charge >= 0.3 is 0 Å². The summed E-state index contributed by atoms with van der Waals surface area (Å²) in [4.78, 5) is 0. The largest absolute Gasteiger partial charge is 0.102 e. The van der Waals surface area contributed by atoms with Crippen molar-refractivity contribution < 1.29 is 0 Å². The van der Waals surface area contributed by atoms with Crippen LogP contribution in [0.5, 0.6) is 0 Å². The van der Waals surface area contributed by atoms with Gasteiger partial charge in [0.25, 0.3) is 0 Å². The van der Waals surface area contributed by atoms with Crippen molar-refractivity contribution in [1.29, 1.82) is 0 Å². The van der Waals surface area contributed by atoms with Crippen LogP contribution in [0.2, 0.25) is 0 Å². The van der Waals surface area contributed by atoms with Crippen LogP contribution in [0, 0.1) is 24.7 Å². The molecule has 0 aliphatic carbocycles. The highest BCUT2D eigenvalue weighted by Crippen LogP contribution is 2.04. The number of hydrogen-bond acceptors (Lipinski definition) is 0. The summed E-state index contributed by atoms with van der Waals surface area (Å²) < 4.78 is 0. The molecule has 0 amide bonds. The molecule has 0 fully saturated rings. The minimum Gasteiger partial charge on any atom is -0.102 e. The summed E-state index contributed by atoms with van der Waals surface area (Å²) in [6.07, 6.45) is 19.9. The molecule has 0 heteroatoms. The summed E-state index contributed by atoms with van der Waals surface area (Å²) in [7, 11) is 0. The molecular weight excluding hydrogens is 192 g/mol. The molecule has 0 aromatic rings. The molecule has 16 heavy (non-hydrogen) atoms. The fourth-order valence-corrected chi connectivity index (χ4v) is 1.01. The van der Waals surface area contributed by atoms with Crippen LogP contribution in [0.25, 0.3) is 0 Å². The van der Waals surface area contributed by atoms with Gasteiger partial charge in [0, 0.05) is 5.92 Å². The molecule has 0 aromatic carbocycles. The van der Waals surface area contributed by atoms with Crippen molar-refractivity contribution in [3.8, 4) is 11.8 Å². The van der Waals surface area contributed by atoms with Gasteiger partial charge in [0.2, 0.25) is 0 Å². The van der Waals surface area contributed by atoms with Gasteiger partial charge < -0.3 is 0 Å². The highest BCUT2D eigenvalue weighted by molar-refractivity contribution is 5.22. The fourth-order valence-electron chi connectivity index (χ4n) is 1.01. The molecule has 0 saturated heterocycles. The van der Waals surface area contributed by atoms with Crippen LogP contribution in [0.4, 0.5) is 0 Å². The zero-order chi connectivity index (χ0) is 12.1. The molecule has 0 saturated carbocycles. The lowest BCUT2D eigenvalue weighted by atomic mass is 10.1. The summed E-state index contributed by atoms with van der Waals surface area (Å²) in [6, 6.07) is 0. The van der Waals surface area contributed by atoms with Crippen LogP contribution in [0.15, 0.2) is 60.8 Å². The summed E-state index contributed by atoms with van der Waals surface area (Å²) in [5.41, 5.74) is 0. The lowest BCUT2D eigenvalue weighted by molar-refractivity contribution is 1.07. The lowest BCUT2D eigenvalue weighted by Crippen LogP contribution is -1.84. The SMILES string of the molecule is [CH2]C=CC=CC(C=CC#CC)C=CC=CC. The molecule has 0 spiro atoms. The molecule has 83 valence electrons. The number of allylic oxidation sites excluding steroid dienone is 10. The van der Waals surface area contributed by atoms with Crippen molar-refractivity contribution in [1.82, 2.24) is 0 Å². The summed E-state index contributed by atoms with van der Waals surface area (Å²) >= 11 is 0. The Morgan fingerprint density at radius 3 is 2.25 bits per heavy atom. The van der Waals surface area contributed by atoms with E-state index >= 15 is 0 Å². The molecule has 1 atom stereocenters. The summed E-state index contributed by atoms with van der Waals surface area (Å²) in [6.45, 7) is 7.46. The van der Waals surface area contributed by atoms with E-state index < -0.39 is 0 Å². The third-order valence-electron chi connectivity index (χ3n) is 1.76. The van der Waals surface area contributed by atoms with Crippen molar-refractivity contribution in [3.05, 3.63) is 67.7 Å². The minimum absolute atomic E-state index is 0.272. The standard InChI is InChI=1S/C16H19/c1-4-7-10-13-16(14-11-8-5-2)15-12-9-6-3/h4-5,7-8,10-16H,1H2,2-3H3. The average molecular weight is 211 g/mol. The lowest BCUT2D eigenvalue weighted by Gasteiger charge is -1.97. The zero-order valence-electron chi connectivity index (χ0n) is 10.1. The molecule has 0 bridgehead atoms. The predicted octanol–water partition coefficient (Wildman–Crippen LogP) is 4.26. The molecule has 0 N–H and O–H groups in total. The van der Waals surface area contributed by atoms with Gasteiger partial charge in [0.15, 0.2) is 0 Å². The number of rotatable bonds is 5. The molecule has 1 unspecified atom stereocenters. The van der Waals surface area contributed by atoms with Crippen molar-refractivity contribution in [2.24, 2.45) is 5.92 Å². The van der Waals surface area contributed by atoms with Gasteiger partial charge in [-0.1, -0.05) is 60.6 Å². The molecular formula is C16H19. The van der Waals surface area contributed by atoms with E-state index in [1.807, 2.05) is 50.3 Å². The molecule has 0 aliphatic rings. The van der Waals surface area contributed by atoms with Gasteiger partial charge in [0.1, 0.15) is 0 Å². The Balaban J connectivity index is 4.53. The van der Waals surface area contributed by atoms with E-state index in [0.717, 1.165) is 0 Å². The third kappa shape index (κ3) is 8.84. The van der Waals surface area contributed by atoms with Gasteiger partial charge in [-0.15, -0.1) is 5.92 Å². The van der Waals surface area contributed by atoms with Crippen molar-refractivity contribution >= 4 is 0 Å². The Morgan fingerprint density at radius 2 is 1.69 bits per heavy atom. The van der Waals surface area contributed by atoms with E-state index in [2.05, 4.69) is 37.0 Å². The second-order valence-corrected chi connectivity index (χ2v) is 3.05. The van der Waals surface area contributed by atoms with E-state index in [1.54, 1.807) is 6.08 Å². The molecule has 1 radical (unpaired) electrons. The van der Waals surface area contributed by atoms with Crippen LogP contribution in [-0.4, -0.2) is 0 Å². The Kier molecular flexibility index (Phi) is 10.1. The van der Waals surface area contributed by atoms with Crippen LogP contribution >= 0.6 is 0 Å². The Bertz CT molecular complexity index is 329. The normalized spacial score (nSPS) is 14.4. The maximum Gasteiger partial charge on any atom is 0.0142 e. The summed E-state index contributed by atoms with van der Waals surface area (Å²) in [5, 5.41) is 0. The highest BCUT2D eigenvalue weighted by Gasteiger charge is 1.90. The van der Waals surface area contributed by atoms with E-state index in [9.17, 15) is 0 Å². The first-order valence-electron chi connectivity index (χ1n) is 5.36. The monoisotopic (exact) mass is 211 g/mol. The predicted molar refractivity (Wildman–Crippen MR) is 73.7 cm³/mol. The first kappa shape index (κ1) is 14.3. The first-order valence-corrected chi connectivity index (χ1v) is 5.36. The number of hydrogen-bond donors (Lipinski definition) is 0. The molecule has 0 heterocycles. The zero-order valence-corrected chi connectivity index (χ0v) is 10.1. The van der Waals surface area contributed by atoms with Crippen LogP contribution in [0.3, 0.4) is 0 Å². The van der Waals surface area contributed by atoms with E-state index in [4.69, 9.17) is 0 Å². The van der Waals surface area contributed by atoms with Crippen LogP contribution < -0.4 is 0 Å². The van der Waals surface area contributed by atoms with Crippen molar-refractivity contribution in [2.75, 3.05) is 0 Å². The van der Waals surface area contributed by atoms with E-state index in [0.29, 0.717) is 0 Å².